The van der Waals surface area contributed by atoms with E-state index < -0.39 is 0 Å². The van der Waals surface area contributed by atoms with Gasteiger partial charge < -0.3 is 11.1 Å². The van der Waals surface area contributed by atoms with Gasteiger partial charge in [-0.1, -0.05) is 35.3 Å². The summed E-state index contributed by atoms with van der Waals surface area (Å²) < 4.78 is 0. The maximum absolute atomic E-state index is 11.8. The molecule has 6 heteroatoms. The topological polar surface area (TPSA) is 55.1 Å². The highest BCUT2D eigenvalue weighted by molar-refractivity contribution is 8.00. The van der Waals surface area contributed by atoms with Gasteiger partial charge in [-0.25, -0.2) is 0 Å². The molecule has 0 aliphatic heterocycles. The fraction of sp³-hybridized carbons (Fsp3) is 0.133. The molecule has 0 bridgehead atoms. The van der Waals surface area contributed by atoms with Gasteiger partial charge >= 0.3 is 0 Å². The number of carbonyl (C=O) groups is 1. The number of nitrogens with two attached hydrogens (primary N) is 1. The van der Waals surface area contributed by atoms with Gasteiger partial charge in [0.15, 0.2) is 0 Å². The lowest BCUT2D eigenvalue weighted by Gasteiger charge is -2.06. The lowest BCUT2D eigenvalue weighted by Crippen LogP contribution is -2.24. The van der Waals surface area contributed by atoms with Gasteiger partial charge in [-0.15, -0.1) is 11.8 Å². The molecule has 0 radical (unpaired) electrons. The first-order valence-electron chi connectivity index (χ1n) is 6.23. The largest absolute Gasteiger partial charge is 0.398 e. The van der Waals surface area contributed by atoms with E-state index >= 15 is 0 Å². The van der Waals surface area contributed by atoms with E-state index in [4.69, 9.17) is 28.9 Å². The number of benzene rings is 2. The van der Waals surface area contributed by atoms with Gasteiger partial charge in [-0.05, 0) is 35.9 Å². The zero-order valence-electron chi connectivity index (χ0n) is 11.1. The first-order valence-corrected chi connectivity index (χ1v) is 7.98. The highest BCUT2D eigenvalue weighted by atomic mass is 35.5. The molecule has 3 nitrogen and oxygen atoms in total. The number of hydrogen-bond acceptors (Lipinski definition) is 3. The van der Waals surface area contributed by atoms with E-state index in [1.807, 2.05) is 18.2 Å². The van der Waals surface area contributed by atoms with Gasteiger partial charge in [-0.2, -0.15) is 0 Å². The lowest BCUT2D eigenvalue weighted by molar-refractivity contribution is -0.118. The molecule has 0 heterocycles. The van der Waals surface area contributed by atoms with Crippen molar-refractivity contribution in [2.75, 3.05) is 11.5 Å². The number of nitrogen functional groups attached to an aromatic ring is 1. The van der Waals surface area contributed by atoms with Crippen molar-refractivity contribution in [3.63, 3.8) is 0 Å². The molecule has 3 N–H and O–H groups in total. The van der Waals surface area contributed by atoms with E-state index in [2.05, 4.69) is 5.32 Å². The molecule has 0 spiro atoms. The van der Waals surface area contributed by atoms with Gasteiger partial charge in [-0.3, -0.25) is 4.79 Å². The molecular formula is C15H14Cl2N2OS. The van der Waals surface area contributed by atoms with Crippen molar-refractivity contribution in [2.45, 2.75) is 11.4 Å². The van der Waals surface area contributed by atoms with Gasteiger partial charge in [0, 0.05) is 16.5 Å². The van der Waals surface area contributed by atoms with Crippen molar-refractivity contribution in [3.8, 4) is 0 Å². The minimum Gasteiger partial charge on any atom is -0.398 e. The summed E-state index contributed by atoms with van der Waals surface area (Å²) >= 11 is 13.2. The highest BCUT2D eigenvalue weighted by Gasteiger charge is 2.04. The van der Waals surface area contributed by atoms with Crippen LogP contribution in [0.3, 0.4) is 0 Å². The third-order valence-electron chi connectivity index (χ3n) is 2.74. The fourth-order valence-electron chi connectivity index (χ4n) is 1.60. The van der Waals surface area contributed by atoms with E-state index in [1.165, 1.54) is 11.8 Å². The van der Waals surface area contributed by atoms with E-state index in [0.29, 0.717) is 28.0 Å². The first-order chi connectivity index (χ1) is 10.0. The predicted molar refractivity (Wildman–Crippen MR) is 89.9 cm³/mol. The molecule has 0 atom stereocenters. The van der Waals surface area contributed by atoms with Crippen LogP contribution >= 0.6 is 35.0 Å². The zero-order valence-corrected chi connectivity index (χ0v) is 13.4. The van der Waals surface area contributed by atoms with E-state index in [0.717, 1.165) is 10.5 Å². The van der Waals surface area contributed by atoms with Gasteiger partial charge in [0.05, 0.1) is 16.5 Å². The third-order valence-corrected chi connectivity index (χ3v) is 4.32. The smallest absolute Gasteiger partial charge is 0.230 e. The molecule has 0 unspecified atom stereocenters. The van der Waals surface area contributed by atoms with Crippen molar-refractivity contribution >= 4 is 46.6 Å². The molecular weight excluding hydrogens is 327 g/mol. The predicted octanol–water partition coefficient (Wildman–Crippen LogP) is 3.98. The molecule has 2 aromatic rings. The summed E-state index contributed by atoms with van der Waals surface area (Å²) in [7, 11) is 0. The molecule has 0 aliphatic rings. The van der Waals surface area contributed by atoms with Crippen LogP contribution in [0.1, 0.15) is 5.56 Å². The fourth-order valence-corrected chi connectivity index (χ4v) is 2.74. The normalized spacial score (nSPS) is 10.4. The molecule has 0 saturated heterocycles. The number of carbonyl (C=O) groups excluding carboxylic acids is 1. The number of amides is 1. The van der Waals surface area contributed by atoms with Crippen LogP contribution in [0.5, 0.6) is 0 Å². The van der Waals surface area contributed by atoms with Crippen molar-refractivity contribution in [1.82, 2.24) is 5.32 Å². The Balaban J connectivity index is 1.79. The first kappa shape index (κ1) is 16.0. The van der Waals surface area contributed by atoms with Gasteiger partial charge in [0.1, 0.15) is 0 Å². The summed E-state index contributed by atoms with van der Waals surface area (Å²) in [5.41, 5.74) is 7.18. The van der Waals surface area contributed by atoms with Gasteiger partial charge in [0.25, 0.3) is 0 Å². The Kier molecular flexibility index (Phi) is 5.79. The van der Waals surface area contributed by atoms with Crippen molar-refractivity contribution in [2.24, 2.45) is 0 Å². The SMILES string of the molecule is Nc1ccc(SCC(=O)NCc2ccc(Cl)cc2)cc1Cl. The number of nitrogens with one attached hydrogen (secondary N) is 1. The summed E-state index contributed by atoms with van der Waals surface area (Å²) in [6, 6.07) is 12.7. The summed E-state index contributed by atoms with van der Waals surface area (Å²) in [6.07, 6.45) is 0. The number of halogens is 2. The zero-order chi connectivity index (χ0) is 15.2. The van der Waals surface area contributed by atoms with Crippen molar-refractivity contribution < 1.29 is 4.79 Å². The van der Waals surface area contributed by atoms with Crippen LogP contribution in [-0.4, -0.2) is 11.7 Å². The Hall–Kier alpha value is -1.36. The monoisotopic (exact) mass is 340 g/mol. The number of rotatable bonds is 5. The van der Waals surface area contributed by atoms with Crippen LogP contribution in [0.4, 0.5) is 5.69 Å². The Bertz CT molecular complexity index is 632. The second-order valence-corrected chi connectivity index (χ2v) is 6.27. The summed E-state index contributed by atoms with van der Waals surface area (Å²) in [4.78, 5) is 12.7. The second-order valence-electron chi connectivity index (χ2n) is 4.38. The quantitative estimate of drug-likeness (QED) is 0.639. The molecule has 21 heavy (non-hydrogen) atoms. The molecule has 2 rings (SSSR count). The average Bonchev–Trinajstić information content (AvgIpc) is 2.48. The molecule has 0 saturated carbocycles. The Morgan fingerprint density at radius 1 is 1.14 bits per heavy atom. The summed E-state index contributed by atoms with van der Waals surface area (Å²) in [6.45, 7) is 0.485. The van der Waals surface area contributed by atoms with Crippen molar-refractivity contribution in [1.29, 1.82) is 0 Å². The number of thioether (sulfide) groups is 1. The van der Waals surface area contributed by atoms with E-state index in [1.54, 1.807) is 24.3 Å². The highest BCUT2D eigenvalue weighted by Crippen LogP contribution is 2.26. The van der Waals surface area contributed by atoms with Crippen LogP contribution in [-0.2, 0) is 11.3 Å². The molecule has 110 valence electrons. The number of anilines is 1. The van der Waals surface area contributed by atoms with Crippen LogP contribution in [0.25, 0.3) is 0 Å². The minimum absolute atomic E-state index is 0.0390. The van der Waals surface area contributed by atoms with Gasteiger partial charge in [0.2, 0.25) is 5.91 Å². The summed E-state index contributed by atoms with van der Waals surface area (Å²) in [5.74, 6) is 0.288. The number of hydrogen-bond donors (Lipinski definition) is 2. The molecule has 2 aromatic carbocycles. The molecule has 1 amide bonds. The minimum atomic E-state index is -0.0390. The van der Waals surface area contributed by atoms with Crippen molar-refractivity contribution in [3.05, 3.63) is 58.1 Å². The van der Waals surface area contributed by atoms with Crippen LogP contribution in [0.15, 0.2) is 47.4 Å². The van der Waals surface area contributed by atoms with Crippen LogP contribution in [0, 0.1) is 0 Å². The standard InChI is InChI=1S/C15H14Cl2N2OS/c16-11-3-1-10(2-4-11)8-19-15(20)9-21-12-5-6-14(18)13(17)7-12/h1-7H,8-9,18H2,(H,19,20). The van der Waals surface area contributed by atoms with E-state index in [9.17, 15) is 4.79 Å². The molecule has 0 aromatic heterocycles. The molecule has 0 aliphatic carbocycles. The lowest BCUT2D eigenvalue weighted by atomic mass is 10.2. The second kappa shape index (κ2) is 7.59. The van der Waals surface area contributed by atoms with Crippen LogP contribution in [0.2, 0.25) is 10.0 Å². The van der Waals surface area contributed by atoms with E-state index in [-0.39, 0.29) is 5.91 Å². The Morgan fingerprint density at radius 2 is 1.86 bits per heavy atom. The molecule has 0 fully saturated rings. The maximum Gasteiger partial charge on any atom is 0.230 e. The average molecular weight is 341 g/mol. The Morgan fingerprint density at radius 3 is 2.52 bits per heavy atom. The summed E-state index contributed by atoms with van der Waals surface area (Å²) in [5, 5.41) is 4.04. The maximum atomic E-state index is 11.8. The Labute approximate surface area is 137 Å². The van der Waals surface area contributed by atoms with Crippen LogP contribution < -0.4 is 11.1 Å². The third kappa shape index (κ3) is 5.16.